The van der Waals surface area contributed by atoms with E-state index in [0.717, 1.165) is 30.5 Å². The second-order valence-electron chi connectivity index (χ2n) is 7.55. The van der Waals surface area contributed by atoms with E-state index in [9.17, 15) is 14.4 Å². The fourth-order valence-corrected chi connectivity index (χ4v) is 3.64. The van der Waals surface area contributed by atoms with E-state index in [1.54, 1.807) is 29.2 Å². The van der Waals surface area contributed by atoms with Crippen LogP contribution in [-0.2, 0) is 16.0 Å². The quantitative estimate of drug-likeness (QED) is 0.640. The minimum Gasteiger partial charge on any atom is -0.492 e. The number of ether oxygens (including phenoxy) is 1. The Morgan fingerprint density at radius 3 is 2.47 bits per heavy atom. The fraction of sp³-hybridized carbons (Fsp3) is 0.375. The number of hydrogen-bond acceptors (Lipinski definition) is 4. The van der Waals surface area contributed by atoms with Crippen LogP contribution in [0.15, 0.2) is 42.5 Å². The Hall–Kier alpha value is -3.15. The lowest BCUT2D eigenvalue weighted by Crippen LogP contribution is -2.38. The Morgan fingerprint density at radius 1 is 1.10 bits per heavy atom. The zero-order valence-corrected chi connectivity index (χ0v) is 17.7. The van der Waals surface area contributed by atoms with Crippen LogP contribution < -0.4 is 15.0 Å². The first-order valence-corrected chi connectivity index (χ1v) is 10.4. The zero-order chi connectivity index (χ0) is 21.7. The van der Waals surface area contributed by atoms with Gasteiger partial charge in [0.25, 0.3) is 5.91 Å². The van der Waals surface area contributed by atoms with Gasteiger partial charge in [-0.05, 0) is 55.7 Å². The first-order chi connectivity index (χ1) is 14.4. The summed E-state index contributed by atoms with van der Waals surface area (Å²) in [5.41, 5.74) is 3.45. The van der Waals surface area contributed by atoms with Crippen LogP contribution in [-0.4, -0.2) is 30.7 Å². The van der Waals surface area contributed by atoms with Crippen LogP contribution in [0.2, 0.25) is 0 Å². The Labute approximate surface area is 177 Å². The highest BCUT2D eigenvalue weighted by Crippen LogP contribution is 2.36. The van der Waals surface area contributed by atoms with Crippen LogP contribution >= 0.6 is 0 Å². The Balaban J connectivity index is 1.72. The number of amides is 2. The van der Waals surface area contributed by atoms with Crippen molar-refractivity contribution in [1.82, 2.24) is 5.32 Å². The number of Topliss-reactive ketones (excluding diaryl/α,β-unsaturated/α-hetero) is 1. The zero-order valence-electron chi connectivity index (χ0n) is 17.7. The monoisotopic (exact) mass is 408 g/mol. The first-order valence-electron chi connectivity index (χ1n) is 10.4. The number of rotatable bonds is 9. The SMILES string of the molecule is CCCCc1ccc2c(c1)[C@H](NC(C)=O)C(=O)N2CCOc1ccc(C(C)=O)cc1. The molecule has 1 heterocycles. The number of nitrogens with zero attached hydrogens (tertiary/aromatic N) is 1. The average Bonchev–Trinajstić information content (AvgIpc) is 2.97. The predicted molar refractivity (Wildman–Crippen MR) is 116 cm³/mol. The van der Waals surface area contributed by atoms with Gasteiger partial charge in [-0.3, -0.25) is 14.4 Å². The molecular weight excluding hydrogens is 380 g/mol. The van der Waals surface area contributed by atoms with Crippen molar-refractivity contribution in [3.8, 4) is 5.75 Å². The molecule has 2 aromatic carbocycles. The molecular formula is C24H28N2O4. The summed E-state index contributed by atoms with van der Waals surface area (Å²) >= 11 is 0. The van der Waals surface area contributed by atoms with Crippen molar-refractivity contribution in [2.45, 2.75) is 46.1 Å². The average molecular weight is 408 g/mol. The largest absolute Gasteiger partial charge is 0.492 e. The summed E-state index contributed by atoms with van der Waals surface area (Å²) in [4.78, 5) is 37.7. The van der Waals surface area contributed by atoms with Crippen LogP contribution in [0.1, 0.15) is 61.1 Å². The van der Waals surface area contributed by atoms with E-state index >= 15 is 0 Å². The van der Waals surface area contributed by atoms with E-state index in [1.807, 2.05) is 18.2 Å². The molecule has 0 aromatic heterocycles. The molecule has 0 bridgehead atoms. The minimum atomic E-state index is -0.658. The molecule has 158 valence electrons. The number of hydrogen-bond donors (Lipinski definition) is 1. The lowest BCUT2D eigenvalue weighted by atomic mass is 10.0. The van der Waals surface area contributed by atoms with Gasteiger partial charge in [-0.1, -0.05) is 25.5 Å². The summed E-state index contributed by atoms with van der Waals surface area (Å²) in [5, 5.41) is 2.78. The molecule has 1 atom stereocenters. The van der Waals surface area contributed by atoms with E-state index < -0.39 is 6.04 Å². The maximum atomic E-state index is 13.0. The van der Waals surface area contributed by atoms with Crippen molar-refractivity contribution in [2.75, 3.05) is 18.1 Å². The number of carbonyl (C=O) groups is 3. The highest BCUT2D eigenvalue weighted by molar-refractivity contribution is 6.06. The third-order valence-corrected chi connectivity index (χ3v) is 5.22. The van der Waals surface area contributed by atoms with Crippen LogP contribution in [0.3, 0.4) is 0 Å². The van der Waals surface area contributed by atoms with Crippen molar-refractivity contribution in [3.05, 3.63) is 59.2 Å². The van der Waals surface area contributed by atoms with Gasteiger partial charge < -0.3 is 15.0 Å². The maximum absolute atomic E-state index is 13.0. The summed E-state index contributed by atoms with van der Waals surface area (Å²) in [5.74, 6) is 0.258. The van der Waals surface area contributed by atoms with Gasteiger partial charge in [-0.2, -0.15) is 0 Å². The van der Waals surface area contributed by atoms with Gasteiger partial charge in [0.2, 0.25) is 5.91 Å². The van der Waals surface area contributed by atoms with Gasteiger partial charge >= 0.3 is 0 Å². The van der Waals surface area contributed by atoms with Crippen LogP contribution in [0.5, 0.6) is 5.75 Å². The maximum Gasteiger partial charge on any atom is 0.254 e. The van der Waals surface area contributed by atoms with Gasteiger partial charge in [0, 0.05) is 23.7 Å². The Morgan fingerprint density at radius 2 is 1.83 bits per heavy atom. The number of ketones is 1. The summed E-state index contributed by atoms with van der Waals surface area (Å²) in [6.07, 6.45) is 3.13. The molecule has 2 amide bonds. The van der Waals surface area contributed by atoms with Gasteiger partial charge in [0.05, 0.1) is 6.54 Å². The molecule has 0 saturated heterocycles. The fourth-order valence-electron chi connectivity index (χ4n) is 3.64. The number of unbranched alkanes of at least 4 members (excludes halogenated alkanes) is 1. The Bertz CT molecular complexity index is 937. The molecule has 0 aliphatic carbocycles. The van der Waals surface area contributed by atoms with Crippen molar-refractivity contribution in [3.63, 3.8) is 0 Å². The number of benzene rings is 2. The molecule has 0 unspecified atom stereocenters. The standard InChI is InChI=1S/C24H28N2O4/c1-4-5-6-18-7-12-22-21(15-18)23(25-17(3)28)24(29)26(22)13-14-30-20-10-8-19(9-11-20)16(2)27/h7-12,15,23H,4-6,13-14H2,1-3H3,(H,25,28)/t23-/m0/s1. The van der Waals surface area contributed by atoms with Gasteiger partial charge in [-0.15, -0.1) is 0 Å². The smallest absolute Gasteiger partial charge is 0.254 e. The molecule has 0 fully saturated rings. The first kappa shape index (κ1) is 21.6. The summed E-state index contributed by atoms with van der Waals surface area (Å²) in [7, 11) is 0. The molecule has 6 heteroatoms. The molecule has 30 heavy (non-hydrogen) atoms. The summed E-state index contributed by atoms with van der Waals surface area (Å²) in [6, 6.07) is 12.3. The number of fused-ring (bicyclic) bond motifs is 1. The molecule has 1 aliphatic rings. The van der Waals surface area contributed by atoms with E-state index in [1.165, 1.54) is 19.4 Å². The second kappa shape index (κ2) is 9.57. The van der Waals surface area contributed by atoms with Crippen molar-refractivity contribution in [1.29, 1.82) is 0 Å². The van der Waals surface area contributed by atoms with E-state index in [-0.39, 0.29) is 17.6 Å². The molecule has 3 rings (SSSR count). The molecule has 1 aliphatic heterocycles. The number of anilines is 1. The van der Waals surface area contributed by atoms with E-state index in [4.69, 9.17) is 4.74 Å². The molecule has 1 N–H and O–H groups in total. The molecule has 0 spiro atoms. The Kier molecular flexibility index (Phi) is 6.87. The highest BCUT2D eigenvalue weighted by atomic mass is 16.5. The summed E-state index contributed by atoms with van der Waals surface area (Å²) < 4.78 is 5.77. The summed E-state index contributed by atoms with van der Waals surface area (Å²) in [6.45, 7) is 5.75. The lowest BCUT2D eigenvalue weighted by Gasteiger charge is -2.18. The number of aryl methyl sites for hydroxylation is 1. The minimum absolute atomic E-state index is 0.00291. The second-order valence-corrected chi connectivity index (χ2v) is 7.55. The lowest BCUT2D eigenvalue weighted by molar-refractivity contribution is -0.126. The predicted octanol–water partition coefficient (Wildman–Crippen LogP) is 3.83. The van der Waals surface area contributed by atoms with Gasteiger partial charge in [0.15, 0.2) is 5.78 Å². The topological polar surface area (TPSA) is 75.7 Å². The normalized spacial score (nSPS) is 15.1. The third kappa shape index (κ3) is 4.87. The van der Waals surface area contributed by atoms with Gasteiger partial charge in [-0.25, -0.2) is 0 Å². The van der Waals surface area contributed by atoms with Crippen LogP contribution in [0.25, 0.3) is 0 Å². The van der Waals surface area contributed by atoms with Crippen molar-refractivity contribution in [2.24, 2.45) is 0 Å². The van der Waals surface area contributed by atoms with Crippen molar-refractivity contribution < 1.29 is 19.1 Å². The molecule has 6 nitrogen and oxygen atoms in total. The highest BCUT2D eigenvalue weighted by Gasteiger charge is 2.37. The van der Waals surface area contributed by atoms with E-state index in [0.29, 0.717) is 24.5 Å². The molecule has 2 aromatic rings. The molecule has 0 saturated carbocycles. The third-order valence-electron chi connectivity index (χ3n) is 5.22. The van der Waals surface area contributed by atoms with Crippen molar-refractivity contribution >= 4 is 23.3 Å². The molecule has 0 radical (unpaired) electrons. The van der Waals surface area contributed by atoms with E-state index in [2.05, 4.69) is 12.2 Å². The van der Waals surface area contributed by atoms with Crippen LogP contribution in [0.4, 0.5) is 5.69 Å². The number of carbonyl (C=O) groups excluding carboxylic acids is 3. The van der Waals surface area contributed by atoms with Crippen LogP contribution in [0, 0.1) is 0 Å². The number of nitrogens with one attached hydrogen (secondary N) is 1. The van der Waals surface area contributed by atoms with Gasteiger partial charge in [0.1, 0.15) is 18.4 Å².